The molecule has 0 aliphatic carbocycles. The molecule has 1 aromatic heterocycles. The van der Waals surface area contributed by atoms with Gasteiger partial charge in [-0.3, -0.25) is 0 Å². The molecular formula is C20H22N6. The summed E-state index contributed by atoms with van der Waals surface area (Å²) in [5.41, 5.74) is 18.3. The molecule has 0 fully saturated rings. The highest BCUT2D eigenvalue weighted by Gasteiger charge is 2.09. The average Bonchev–Trinajstić information content (AvgIpc) is 2.62. The van der Waals surface area contributed by atoms with Crippen molar-refractivity contribution in [2.24, 2.45) is 0 Å². The van der Waals surface area contributed by atoms with Crippen molar-refractivity contribution in [2.45, 2.75) is 20.4 Å². The van der Waals surface area contributed by atoms with Crippen molar-refractivity contribution < 1.29 is 0 Å². The lowest BCUT2D eigenvalue weighted by Crippen LogP contribution is -2.06. The number of aryl methyl sites for hydroxylation is 1. The summed E-state index contributed by atoms with van der Waals surface area (Å²) < 4.78 is 0. The van der Waals surface area contributed by atoms with Crippen LogP contribution in [0.25, 0.3) is 11.3 Å². The average molecular weight is 346 g/mol. The number of nitrogen functional groups attached to an aromatic ring is 2. The Hall–Kier alpha value is -3.41. The molecule has 1 heterocycles. The molecule has 0 saturated heterocycles. The molecule has 6 heteroatoms. The lowest BCUT2D eigenvalue weighted by atomic mass is 10.0. The number of hydrogen-bond acceptors (Lipinski definition) is 6. The SMILES string of the molecule is Cc1cccc(-c2cc(NCc3ccc(C=N)c(N)c3)nc(N)n2)c1C. The second kappa shape index (κ2) is 7.23. The zero-order valence-corrected chi connectivity index (χ0v) is 14.9. The van der Waals surface area contributed by atoms with Crippen LogP contribution in [0.5, 0.6) is 0 Å². The zero-order chi connectivity index (χ0) is 18.7. The highest BCUT2D eigenvalue weighted by Crippen LogP contribution is 2.26. The number of hydrogen-bond donors (Lipinski definition) is 4. The minimum Gasteiger partial charge on any atom is -0.398 e. The largest absolute Gasteiger partial charge is 0.398 e. The smallest absolute Gasteiger partial charge is 0.222 e. The van der Waals surface area contributed by atoms with Crippen LogP contribution >= 0.6 is 0 Å². The van der Waals surface area contributed by atoms with E-state index in [1.165, 1.54) is 17.3 Å². The quantitative estimate of drug-likeness (QED) is 0.417. The lowest BCUT2D eigenvalue weighted by molar-refractivity contribution is 1.09. The van der Waals surface area contributed by atoms with Crippen LogP contribution in [0.4, 0.5) is 17.5 Å². The minimum absolute atomic E-state index is 0.226. The zero-order valence-electron chi connectivity index (χ0n) is 14.9. The summed E-state index contributed by atoms with van der Waals surface area (Å²) in [7, 11) is 0. The van der Waals surface area contributed by atoms with Gasteiger partial charge >= 0.3 is 0 Å². The molecule has 0 unspecified atom stereocenters. The van der Waals surface area contributed by atoms with Gasteiger partial charge < -0.3 is 22.2 Å². The molecule has 6 N–H and O–H groups in total. The summed E-state index contributed by atoms with van der Waals surface area (Å²) in [5.74, 6) is 0.882. The molecule has 6 nitrogen and oxygen atoms in total. The maximum absolute atomic E-state index is 7.30. The van der Waals surface area contributed by atoms with Crippen LogP contribution in [-0.2, 0) is 6.54 Å². The summed E-state index contributed by atoms with van der Waals surface area (Å²) >= 11 is 0. The Bertz CT molecular complexity index is 965. The molecule has 3 aromatic rings. The molecule has 0 amide bonds. The van der Waals surface area contributed by atoms with E-state index >= 15 is 0 Å². The van der Waals surface area contributed by atoms with Gasteiger partial charge in [-0.1, -0.05) is 30.3 Å². The first-order valence-corrected chi connectivity index (χ1v) is 8.32. The molecule has 0 saturated carbocycles. The molecule has 132 valence electrons. The Morgan fingerprint density at radius 3 is 2.62 bits per heavy atom. The van der Waals surface area contributed by atoms with E-state index in [9.17, 15) is 0 Å². The van der Waals surface area contributed by atoms with Crippen molar-refractivity contribution in [1.82, 2.24) is 9.97 Å². The minimum atomic E-state index is 0.226. The first-order chi connectivity index (χ1) is 12.5. The predicted octanol–water partition coefficient (Wildman–Crippen LogP) is 3.53. The van der Waals surface area contributed by atoms with Crippen molar-refractivity contribution in [2.75, 3.05) is 16.8 Å². The van der Waals surface area contributed by atoms with Crippen molar-refractivity contribution >= 4 is 23.7 Å². The summed E-state index contributed by atoms with van der Waals surface area (Å²) in [6.07, 6.45) is 1.24. The van der Waals surface area contributed by atoms with Gasteiger partial charge in [-0.15, -0.1) is 0 Å². The van der Waals surface area contributed by atoms with E-state index in [-0.39, 0.29) is 5.95 Å². The van der Waals surface area contributed by atoms with E-state index in [0.717, 1.165) is 16.8 Å². The number of aromatic nitrogens is 2. The molecule has 0 aliphatic heterocycles. The van der Waals surface area contributed by atoms with E-state index in [1.807, 2.05) is 36.4 Å². The van der Waals surface area contributed by atoms with Gasteiger partial charge in [-0.05, 0) is 36.6 Å². The molecule has 2 aromatic carbocycles. The van der Waals surface area contributed by atoms with Crippen LogP contribution in [-0.4, -0.2) is 16.2 Å². The van der Waals surface area contributed by atoms with E-state index in [2.05, 4.69) is 35.2 Å². The normalized spacial score (nSPS) is 10.5. The monoisotopic (exact) mass is 346 g/mol. The molecule has 0 radical (unpaired) electrons. The highest BCUT2D eigenvalue weighted by atomic mass is 15.1. The van der Waals surface area contributed by atoms with E-state index in [4.69, 9.17) is 16.9 Å². The maximum atomic E-state index is 7.30. The third-order valence-electron chi connectivity index (χ3n) is 4.40. The fourth-order valence-corrected chi connectivity index (χ4v) is 2.78. The van der Waals surface area contributed by atoms with E-state index in [1.54, 1.807) is 0 Å². The maximum Gasteiger partial charge on any atom is 0.222 e. The summed E-state index contributed by atoms with van der Waals surface area (Å²) in [6, 6.07) is 13.6. The van der Waals surface area contributed by atoms with Crippen LogP contribution in [0, 0.1) is 19.3 Å². The van der Waals surface area contributed by atoms with Crippen molar-refractivity contribution in [1.29, 1.82) is 5.41 Å². The Labute approximate surface area is 152 Å². The van der Waals surface area contributed by atoms with Crippen LogP contribution in [0.1, 0.15) is 22.3 Å². The molecular weight excluding hydrogens is 324 g/mol. The van der Waals surface area contributed by atoms with Gasteiger partial charge in [-0.2, -0.15) is 4.98 Å². The topological polar surface area (TPSA) is 114 Å². The Balaban J connectivity index is 1.85. The van der Waals surface area contributed by atoms with Gasteiger partial charge in [0.15, 0.2) is 0 Å². The van der Waals surface area contributed by atoms with Crippen molar-refractivity contribution in [3.05, 3.63) is 64.7 Å². The molecule has 3 rings (SSSR count). The second-order valence-electron chi connectivity index (χ2n) is 6.21. The fraction of sp³-hybridized carbons (Fsp3) is 0.150. The standard InChI is InChI=1S/C20H22N6/c1-12-4-3-5-16(13(12)2)18-9-19(26-20(23)25-18)24-11-14-6-7-15(10-21)17(22)8-14/h3-10,21H,11,22H2,1-2H3,(H3,23,24,25,26). The second-order valence-corrected chi connectivity index (χ2v) is 6.21. The Morgan fingerprint density at radius 2 is 1.88 bits per heavy atom. The number of nitrogens with two attached hydrogens (primary N) is 2. The number of benzene rings is 2. The number of nitrogens with one attached hydrogen (secondary N) is 2. The van der Waals surface area contributed by atoms with E-state index < -0.39 is 0 Å². The van der Waals surface area contributed by atoms with Crippen LogP contribution in [0.3, 0.4) is 0 Å². The van der Waals surface area contributed by atoms with Gasteiger partial charge in [-0.25, -0.2) is 4.98 Å². The summed E-state index contributed by atoms with van der Waals surface area (Å²) in [5, 5.41) is 10.6. The van der Waals surface area contributed by atoms with Crippen molar-refractivity contribution in [3.8, 4) is 11.3 Å². The van der Waals surface area contributed by atoms with Gasteiger partial charge in [0, 0.05) is 35.6 Å². The van der Waals surface area contributed by atoms with Gasteiger partial charge in [0.2, 0.25) is 5.95 Å². The summed E-state index contributed by atoms with van der Waals surface area (Å²) in [6.45, 7) is 4.69. The molecule has 0 bridgehead atoms. The molecule has 26 heavy (non-hydrogen) atoms. The first-order valence-electron chi connectivity index (χ1n) is 8.32. The number of rotatable bonds is 5. The highest BCUT2D eigenvalue weighted by molar-refractivity contribution is 5.85. The fourth-order valence-electron chi connectivity index (χ4n) is 2.78. The third kappa shape index (κ3) is 3.64. The lowest BCUT2D eigenvalue weighted by Gasteiger charge is -2.12. The first kappa shape index (κ1) is 17.4. The Morgan fingerprint density at radius 1 is 1.08 bits per heavy atom. The van der Waals surface area contributed by atoms with Gasteiger partial charge in [0.1, 0.15) is 5.82 Å². The molecule has 0 atom stereocenters. The van der Waals surface area contributed by atoms with Gasteiger partial charge in [0.25, 0.3) is 0 Å². The van der Waals surface area contributed by atoms with E-state index in [0.29, 0.717) is 23.6 Å². The van der Waals surface area contributed by atoms with Gasteiger partial charge in [0.05, 0.1) is 5.69 Å². The van der Waals surface area contributed by atoms with Crippen LogP contribution < -0.4 is 16.8 Å². The number of nitrogens with zero attached hydrogens (tertiary/aromatic N) is 2. The van der Waals surface area contributed by atoms with Crippen LogP contribution in [0.2, 0.25) is 0 Å². The predicted molar refractivity (Wildman–Crippen MR) is 107 cm³/mol. The van der Waals surface area contributed by atoms with Crippen LogP contribution in [0.15, 0.2) is 42.5 Å². The molecule has 0 aliphatic rings. The summed E-state index contributed by atoms with van der Waals surface area (Å²) in [4.78, 5) is 8.65. The third-order valence-corrected chi connectivity index (χ3v) is 4.40. The number of anilines is 3. The van der Waals surface area contributed by atoms with Crippen molar-refractivity contribution in [3.63, 3.8) is 0 Å². The Kier molecular flexibility index (Phi) is 4.84. The molecule has 0 spiro atoms.